The van der Waals surface area contributed by atoms with Gasteiger partial charge in [0, 0.05) is 36.2 Å². The zero-order valence-corrected chi connectivity index (χ0v) is 26.4. The SMILES string of the molecule is C[C@H]1[C@H](C(C)(C)F)[C@@H](CC(=O)N(CCO)Cc2ccccc2)O[C@]12C(=O)N(Cc1cccc(N3CCOC3=O)c1)c1ccccc12. The molecule has 3 aromatic rings. The highest BCUT2D eigenvalue weighted by molar-refractivity contribution is 6.07. The second-order valence-electron chi connectivity index (χ2n) is 12.8. The molecule has 242 valence electrons. The number of rotatable bonds is 10. The van der Waals surface area contributed by atoms with Crippen molar-refractivity contribution in [1.29, 1.82) is 0 Å². The molecule has 0 aliphatic carbocycles. The molecular formula is C36H40FN3O6. The summed E-state index contributed by atoms with van der Waals surface area (Å²) < 4.78 is 28.0. The number of aliphatic hydroxyl groups excluding tert-OH is 1. The van der Waals surface area contributed by atoms with Crippen molar-refractivity contribution >= 4 is 29.3 Å². The first-order valence-electron chi connectivity index (χ1n) is 15.8. The fraction of sp³-hybridized carbons (Fsp3) is 0.417. The number of anilines is 2. The molecule has 0 aromatic heterocycles. The molecule has 2 fully saturated rings. The Hall–Kier alpha value is -4.28. The maximum atomic E-state index is 16.1. The molecule has 10 heteroatoms. The summed E-state index contributed by atoms with van der Waals surface area (Å²) in [5, 5.41) is 9.74. The topological polar surface area (TPSA) is 99.6 Å². The number of fused-ring (bicyclic) bond motifs is 2. The molecule has 0 bridgehead atoms. The third-order valence-corrected chi connectivity index (χ3v) is 9.51. The number of alkyl halides is 1. The summed E-state index contributed by atoms with van der Waals surface area (Å²) in [5.41, 5.74) is 0.443. The summed E-state index contributed by atoms with van der Waals surface area (Å²) in [6, 6.07) is 24.3. The van der Waals surface area contributed by atoms with Gasteiger partial charge in [0.25, 0.3) is 5.91 Å². The van der Waals surface area contributed by atoms with Crippen LogP contribution >= 0.6 is 0 Å². The monoisotopic (exact) mass is 629 g/mol. The van der Waals surface area contributed by atoms with Gasteiger partial charge in [0.05, 0.1) is 37.9 Å². The van der Waals surface area contributed by atoms with E-state index in [4.69, 9.17) is 9.47 Å². The number of hydrogen-bond donors (Lipinski definition) is 1. The highest BCUT2D eigenvalue weighted by Gasteiger charge is 2.66. The molecule has 46 heavy (non-hydrogen) atoms. The predicted octanol–water partition coefficient (Wildman–Crippen LogP) is 5.20. The van der Waals surface area contributed by atoms with Crippen molar-refractivity contribution in [2.75, 3.05) is 36.1 Å². The maximum absolute atomic E-state index is 16.1. The van der Waals surface area contributed by atoms with Crippen LogP contribution in [0.2, 0.25) is 0 Å². The van der Waals surface area contributed by atoms with Gasteiger partial charge in [-0.15, -0.1) is 0 Å². The summed E-state index contributed by atoms with van der Waals surface area (Å²) in [6.45, 7) is 5.95. The summed E-state index contributed by atoms with van der Waals surface area (Å²) in [7, 11) is 0. The number of aliphatic hydroxyl groups is 1. The lowest BCUT2D eigenvalue weighted by Crippen LogP contribution is -2.45. The normalized spacial score (nSPS) is 24.1. The first-order valence-corrected chi connectivity index (χ1v) is 15.8. The van der Waals surface area contributed by atoms with Crippen molar-refractivity contribution in [3.8, 4) is 0 Å². The molecule has 4 atom stereocenters. The number of carbonyl (C=O) groups is 3. The smallest absolute Gasteiger partial charge is 0.414 e. The Kier molecular flexibility index (Phi) is 8.60. The second kappa shape index (κ2) is 12.5. The quantitative estimate of drug-likeness (QED) is 0.331. The largest absolute Gasteiger partial charge is 0.447 e. The zero-order valence-electron chi connectivity index (χ0n) is 26.4. The standard InChI is InChI=1S/C36H40FN3O6/c1-24-32(35(2,3)37)30(21-31(42)38(16-18-41)22-25-10-5-4-6-11-25)46-36(24)28-14-7-8-15-29(28)40(33(36)43)23-26-12-9-13-27(20-26)39-17-19-45-34(39)44/h4-15,20,24,30,32,41H,16-19,21-23H2,1-3H3/t24-,30+,32-,36+/m0/s1. The number of benzene rings is 3. The Labute approximate surface area is 268 Å². The van der Waals surface area contributed by atoms with Gasteiger partial charge in [-0.1, -0.05) is 67.6 Å². The molecule has 3 aromatic carbocycles. The molecule has 9 nitrogen and oxygen atoms in total. The molecule has 0 unspecified atom stereocenters. The Balaban J connectivity index is 1.31. The van der Waals surface area contributed by atoms with Crippen molar-refractivity contribution in [2.24, 2.45) is 11.8 Å². The van der Waals surface area contributed by atoms with E-state index in [1.54, 1.807) is 14.7 Å². The van der Waals surface area contributed by atoms with E-state index in [-0.39, 0.29) is 37.9 Å². The third kappa shape index (κ3) is 5.64. The first kappa shape index (κ1) is 31.7. The van der Waals surface area contributed by atoms with Gasteiger partial charge >= 0.3 is 6.09 Å². The molecule has 0 saturated carbocycles. The number of cyclic esters (lactones) is 1. The van der Waals surface area contributed by atoms with Crippen molar-refractivity contribution in [1.82, 2.24) is 4.90 Å². The molecule has 3 aliphatic heterocycles. The summed E-state index contributed by atoms with van der Waals surface area (Å²) in [6.07, 6.45) is -1.44. The first-order chi connectivity index (χ1) is 22.0. The summed E-state index contributed by atoms with van der Waals surface area (Å²) in [4.78, 5) is 45.4. The van der Waals surface area contributed by atoms with Crippen molar-refractivity contribution in [2.45, 2.75) is 57.7 Å². The van der Waals surface area contributed by atoms with Gasteiger partial charge in [0.1, 0.15) is 12.3 Å². The van der Waals surface area contributed by atoms with Gasteiger partial charge in [0.2, 0.25) is 5.91 Å². The predicted molar refractivity (Wildman–Crippen MR) is 171 cm³/mol. The summed E-state index contributed by atoms with van der Waals surface area (Å²) in [5.74, 6) is -1.97. The highest BCUT2D eigenvalue weighted by atomic mass is 19.1. The molecule has 1 N–H and O–H groups in total. The molecule has 0 radical (unpaired) electrons. The van der Waals surface area contributed by atoms with Crippen LogP contribution in [-0.4, -0.2) is 66.0 Å². The van der Waals surface area contributed by atoms with Crippen LogP contribution in [-0.2, 0) is 37.8 Å². The van der Waals surface area contributed by atoms with E-state index in [9.17, 15) is 19.5 Å². The molecule has 3 amide bonds. The summed E-state index contributed by atoms with van der Waals surface area (Å²) >= 11 is 0. The fourth-order valence-corrected chi connectivity index (χ4v) is 7.51. The van der Waals surface area contributed by atoms with Crippen LogP contribution in [0.15, 0.2) is 78.9 Å². The lowest BCUT2D eigenvalue weighted by Gasteiger charge is -2.32. The average molecular weight is 630 g/mol. The van der Waals surface area contributed by atoms with E-state index in [1.165, 1.54) is 13.8 Å². The Bertz CT molecular complexity index is 1610. The molecule has 6 rings (SSSR count). The van der Waals surface area contributed by atoms with Crippen molar-refractivity contribution in [3.05, 3.63) is 95.6 Å². The number of ether oxygens (including phenoxy) is 2. The molecule has 1 spiro atoms. The lowest BCUT2D eigenvalue weighted by molar-refractivity contribution is -0.150. The van der Waals surface area contributed by atoms with Gasteiger partial charge in [-0.05, 0) is 43.2 Å². The van der Waals surface area contributed by atoms with Gasteiger partial charge in [-0.2, -0.15) is 0 Å². The minimum Gasteiger partial charge on any atom is -0.447 e. The van der Waals surface area contributed by atoms with Crippen LogP contribution in [0.1, 0.15) is 43.9 Å². The Morgan fingerprint density at radius 2 is 1.76 bits per heavy atom. The van der Waals surface area contributed by atoms with Crippen LogP contribution in [0.3, 0.4) is 0 Å². The highest BCUT2D eigenvalue weighted by Crippen LogP contribution is 2.58. The number of nitrogens with zero attached hydrogens (tertiary/aromatic N) is 3. The Morgan fingerprint density at radius 3 is 2.46 bits per heavy atom. The molecule has 2 saturated heterocycles. The third-order valence-electron chi connectivity index (χ3n) is 9.51. The van der Waals surface area contributed by atoms with Gasteiger partial charge < -0.3 is 24.4 Å². The molecule has 3 heterocycles. The fourth-order valence-electron chi connectivity index (χ4n) is 7.51. The van der Waals surface area contributed by atoms with E-state index in [0.29, 0.717) is 36.6 Å². The van der Waals surface area contributed by atoms with Crippen LogP contribution < -0.4 is 9.80 Å². The number of hydrogen-bond acceptors (Lipinski definition) is 6. The average Bonchev–Trinajstić information content (AvgIpc) is 3.66. The van der Waals surface area contributed by atoms with E-state index < -0.39 is 35.3 Å². The lowest BCUT2D eigenvalue weighted by atomic mass is 9.71. The minimum absolute atomic E-state index is 0.120. The second-order valence-corrected chi connectivity index (χ2v) is 12.8. The molecule has 3 aliphatic rings. The van der Waals surface area contributed by atoms with E-state index in [1.807, 2.05) is 85.8 Å². The van der Waals surface area contributed by atoms with Crippen LogP contribution in [0.5, 0.6) is 0 Å². The molecular weight excluding hydrogens is 589 g/mol. The van der Waals surface area contributed by atoms with Crippen LogP contribution in [0.25, 0.3) is 0 Å². The number of amides is 3. The van der Waals surface area contributed by atoms with Gasteiger partial charge in [-0.3, -0.25) is 14.5 Å². The zero-order chi connectivity index (χ0) is 32.6. The van der Waals surface area contributed by atoms with Crippen molar-refractivity contribution in [3.63, 3.8) is 0 Å². The maximum Gasteiger partial charge on any atom is 0.414 e. The van der Waals surface area contributed by atoms with Gasteiger partial charge in [-0.25, -0.2) is 9.18 Å². The van der Waals surface area contributed by atoms with E-state index >= 15 is 4.39 Å². The number of carbonyl (C=O) groups excluding carboxylic acids is 3. The number of halogens is 1. The van der Waals surface area contributed by atoms with Gasteiger partial charge in [0.15, 0.2) is 5.60 Å². The minimum atomic E-state index is -1.77. The van der Waals surface area contributed by atoms with E-state index in [2.05, 4.69) is 0 Å². The van der Waals surface area contributed by atoms with E-state index in [0.717, 1.165) is 11.1 Å². The van der Waals surface area contributed by atoms with Crippen LogP contribution in [0, 0.1) is 11.8 Å². The van der Waals surface area contributed by atoms with Crippen molar-refractivity contribution < 1.29 is 33.4 Å². The number of para-hydroxylation sites is 1. The Morgan fingerprint density at radius 1 is 1.04 bits per heavy atom. The van der Waals surface area contributed by atoms with Crippen LogP contribution in [0.4, 0.5) is 20.6 Å².